The highest BCUT2D eigenvalue weighted by atomic mass is 19.2. The highest BCUT2D eigenvalue weighted by molar-refractivity contribution is 5.26. The maximum atomic E-state index is 12.6. The highest BCUT2D eigenvalue weighted by Crippen LogP contribution is 2.15. The summed E-state index contributed by atoms with van der Waals surface area (Å²) in [5.41, 5.74) is 8.12. The molecule has 0 fully saturated rings. The zero-order valence-electron chi connectivity index (χ0n) is 34.3. The zero-order valence-corrected chi connectivity index (χ0v) is 34.3. The van der Waals surface area contributed by atoms with Gasteiger partial charge in [-0.2, -0.15) is 0 Å². The Morgan fingerprint density at radius 2 is 0.419 bits per heavy atom. The second-order valence-electron chi connectivity index (χ2n) is 13.7. The van der Waals surface area contributed by atoms with Crippen LogP contribution in [0.4, 0.5) is 35.1 Å². The minimum Gasteiger partial charge on any atom is -0.207 e. The van der Waals surface area contributed by atoms with Gasteiger partial charge in [-0.1, -0.05) is 116 Å². The van der Waals surface area contributed by atoms with Gasteiger partial charge in [-0.25, -0.2) is 35.1 Å². The van der Waals surface area contributed by atoms with E-state index < -0.39 is 34.9 Å². The molecule has 0 aliphatic heterocycles. The summed E-state index contributed by atoms with van der Waals surface area (Å²) in [5, 5.41) is 0. The zero-order chi connectivity index (χ0) is 42.9. The van der Waals surface area contributed by atoms with E-state index in [1.165, 1.54) is 75.2 Å². The number of hydrogen-bond acceptors (Lipinski definition) is 0. The average Bonchev–Trinajstić information content (AvgIpc) is 3.13. The van der Waals surface area contributed by atoms with Crippen LogP contribution < -0.4 is 0 Å². The molecule has 0 heterocycles. The quantitative estimate of drug-likeness (QED) is 0.133. The summed E-state index contributed by atoms with van der Waals surface area (Å²) >= 11 is 0. The summed E-state index contributed by atoms with van der Waals surface area (Å²) in [6.07, 6.45) is 0. The van der Waals surface area contributed by atoms with Crippen molar-refractivity contribution in [3.05, 3.63) is 210 Å². The van der Waals surface area contributed by atoms with E-state index in [4.69, 9.17) is 0 Å². The maximum absolute atomic E-state index is 12.6. The molecule has 0 N–H and O–H groups in total. The smallest absolute Gasteiger partial charge is 0.161 e. The van der Waals surface area contributed by atoms with E-state index in [-0.39, 0.29) is 67.3 Å². The molecule has 0 spiro atoms. The standard InChI is InChI=1S/3C8H8F2.2C8H9F.C8H10.6CH4/c2*1-5-3-7(9)6(2)8(10)4-5;1-5-3-4-6(2)8(10)7(5)9;2*1-6-3-4-7(2)8(9)5-6;1-7-3-5-8(2)6-4-7;;;;;;/h3*3-4H,1-2H3;2*3-5H,1-2H3;3-6H,1-2H3;6*1H4. The molecule has 0 nitrogen and oxygen atoms in total. The van der Waals surface area contributed by atoms with Gasteiger partial charge in [0, 0.05) is 11.1 Å². The van der Waals surface area contributed by atoms with E-state index >= 15 is 0 Å². The van der Waals surface area contributed by atoms with Crippen LogP contribution in [-0.4, -0.2) is 0 Å². The molecule has 0 amide bonds. The van der Waals surface area contributed by atoms with Crippen LogP contribution in [0.1, 0.15) is 111 Å². The van der Waals surface area contributed by atoms with E-state index in [9.17, 15) is 35.1 Å². The first kappa shape index (κ1) is 68.5. The first-order valence-electron chi connectivity index (χ1n) is 17.8. The second kappa shape index (κ2) is 33.4. The van der Waals surface area contributed by atoms with Crippen molar-refractivity contribution >= 4 is 0 Å². The Kier molecular flexibility index (Phi) is 36.9. The minimum atomic E-state index is -0.736. The number of halogens is 8. The predicted octanol–water partition coefficient (Wildman–Crippen LogP) is 18.8. The van der Waals surface area contributed by atoms with Gasteiger partial charge in [0.25, 0.3) is 0 Å². The topological polar surface area (TPSA) is 0 Å². The molecule has 6 aromatic rings. The largest absolute Gasteiger partial charge is 0.207 e. The Morgan fingerprint density at radius 1 is 0.226 bits per heavy atom. The van der Waals surface area contributed by atoms with E-state index in [2.05, 4.69) is 38.1 Å². The molecule has 0 saturated carbocycles. The van der Waals surface area contributed by atoms with Crippen molar-refractivity contribution in [1.29, 1.82) is 0 Å². The lowest BCUT2D eigenvalue weighted by molar-refractivity contribution is 0.497. The minimum absolute atomic E-state index is 0. The lowest BCUT2D eigenvalue weighted by Crippen LogP contribution is -1.91. The van der Waals surface area contributed by atoms with Crippen molar-refractivity contribution in [3.8, 4) is 0 Å². The molecule has 0 radical (unpaired) electrons. The summed E-state index contributed by atoms with van der Waals surface area (Å²) in [6.45, 7) is 20.7. The predicted molar refractivity (Wildman–Crippen MR) is 256 cm³/mol. The lowest BCUT2D eigenvalue weighted by atomic mass is 10.1. The Balaban J connectivity index is -0.000000149. The van der Waals surface area contributed by atoms with Crippen LogP contribution in [0.15, 0.2) is 97.1 Å². The number of benzene rings is 6. The molecule has 0 unspecified atom stereocenters. The van der Waals surface area contributed by atoms with Gasteiger partial charge in [-0.15, -0.1) is 0 Å². The van der Waals surface area contributed by atoms with Crippen LogP contribution in [-0.2, 0) is 0 Å². The fourth-order valence-corrected chi connectivity index (χ4v) is 4.32. The molecule has 0 saturated heterocycles. The molecule has 0 atom stereocenters. The van der Waals surface area contributed by atoms with Crippen LogP contribution in [0.25, 0.3) is 0 Å². The van der Waals surface area contributed by atoms with Crippen molar-refractivity contribution in [2.75, 3.05) is 0 Å². The molecule has 0 bridgehead atoms. The number of rotatable bonds is 0. The van der Waals surface area contributed by atoms with Gasteiger partial charge in [0.2, 0.25) is 0 Å². The lowest BCUT2D eigenvalue weighted by Gasteiger charge is -1.99. The molecular weight excluding hydrogens is 801 g/mol. The first-order valence-corrected chi connectivity index (χ1v) is 17.8. The third-order valence-electron chi connectivity index (χ3n) is 8.19. The van der Waals surface area contributed by atoms with Gasteiger partial charge in [-0.05, 0) is 164 Å². The first-order chi connectivity index (χ1) is 26.0. The molecule has 0 aliphatic rings. The van der Waals surface area contributed by atoms with Crippen LogP contribution in [0.2, 0.25) is 0 Å². The Labute approximate surface area is 372 Å². The fourth-order valence-electron chi connectivity index (χ4n) is 4.32. The van der Waals surface area contributed by atoms with E-state index in [1.807, 2.05) is 26.0 Å². The van der Waals surface area contributed by atoms with E-state index in [0.29, 0.717) is 33.4 Å². The van der Waals surface area contributed by atoms with Gasteiger partial charge < -0.3 is 0 Å². The Bertz CT molecular complexity index is 1950. The van der Waals surface area contributed by atoms with Crippen LogP contribution in [0.3, 0.4) is 0 Å². The van der Waals surface area contributed by atoms with Crippen molar-refractivity contribution in [2.45, 2.75) is 128 Å². The second-order valence-corrected chi connectivity index (χ2v) is 13.7. The van der Waals surface area contributed by atoms with Gasteiger partial charge in [-0.3, -0.25) is 0 Å². The molecule has 6 aromatic carbocycles. The van der Waals surface area contributed by atoms with Gasteiger partial charge >= 0.3 is 0 Å². The summed E-state index contributed by atoms with van der Waals surface area (Å²) in [4.78, 5) is 0. The summed E-state index contributed by atoms with van der Waals surface area (Å²) in [7, 11) is 0. The van der Waals surface area contributed by atoms with Crippen LogP contribution >= 0.6 is 0 Å². The van der Waals surface area contributed by atoms with E-state index in [1.54, 1.807) is 52.0 Å². The molecule has 62 heavy (non-hydrogen) atoms. The van der Waals surface area contributed by atoms with Crippen LogP contribution in [0, 0.1) is 130 Å². The average molecular weight is 877 g/mol. The van der Waals surface area contributed by atoms with Gasteiger partial charge in [0.05, 0.1) is 0 Å². The summed E-state index contributed by atoms with van der Waals surface area (Å²) < 4.78 is 101. The van der Waals surface area contributed by atoms with Crippen molar-refractivity contribution in [3.63, 3.8) is 0 Å². The van der Waals surface area contributed by atoms with Gasteiger partial charge in [0.15, 0.2) is 11.6 Å². The van der Waals surface area contributed by atoms with Gasteiger partial charge in [0.1, 0.15) is 34.9 Å². The molecule has 6 rings (SSSR count). The monoisotopic (exact) mass is 877 g/mol. The van der Waals surface area contributed by atoms with Crippen molar-refractivity contribution in [2.24, 2.45) is 0 Å². The SMILES string of the molecule is C.C.C.C.C.C.Cc1cc(F)c(C)c(F)c1.Cc1cc(F)c(C)c(F)c1.Cc1ccc(C)c(F)c1.Cc1ccc(C)c(F)c1.Cc1ccc(C)c(F)c1F.Cc1ccc(C)cc1. The molecular formula is C54H76F8. The summed E-state index contributed by atoms with van der Waals surface area (Å²) in [6, 6.07) is 27.3. The van der Waals surface area contributed by atoms with Crippen molar-refractivity contribution in [1.82, 2.24) is 0 Å². The number of aryl methyl sites for hydroxylation is 10. The van der Waals surface area contributed by atoms with Crippen molar-refractivity contribution < 1.29 is 35.1 Å². The maximum Gasteiger partial charge on any atom is 0.161 e. The fraction of sp³-hybridized carbons (Fsp3) is 0.333. The third kappa shape index (κ3) is 24.9. The molecule has 8 heteroatoms. The summed E-state index contributed by atoms with van der Waals surface area (Å²) in [5.74, 6) is -3.60. The molecule has 0 aliphatic carbocycles. The normalized spacial score (nSPS) is 8.84. The Hall–Kier alpha value is -5.24. The van der Waals surface area contributed by atoms with Crippen LogP contribution in [0.5, 0.6) is 0 Å². The molecule has 348 valence electrons. The highest BCUT2D eigenvalue weighted by Gasteiger charge is 2.06. The molecule has 0 aromatic heterocycles. The van der Waals surface area contributed by atoms with E-state index in [0.717, 1.165) is 11.1 Å². The Morgan fingerprint density at radius 3 is 0.629 bits per heavy atom. The third-order valence-corrected chi connectivity index (χ3v) is 8.19. The number of hydrogen-bond donors (Lipinski definition) is 0.